The third-order valence-corrected chi connectivity index (χ3v) is 6.65. The van der Waals surface area contributed by atoms with Crippen LogP contribution in [-0.4, -0.2) is 58.2 Å². The molecule has 0 aliphatic carbocycles. The molecule has 2 N–H and O–H groups in total. The lowest BCUT2D eigenvalue weighted by Gasteiger charge is -2.30. The molecule has 29 heavy (non-hydrogen) atoms. The topological polar surface area (TPSA) is 73.8 Å². The summed E-state index contributed by atoms with van der Waals surface area (Å²) in [7, 11) is -1.28. The summed E-state index contributed by atoms with van der Waals surface area (Å²) in [6.07, 6.45) is 4.00. The van der Waals surface area contributed by atoms with Gasteiger partial charge in [0.05, 0.1) is 6.26 Å². The molecular weight excluding hydrogens is 499 g/mol. The molecule has 0 aromatic heterocycles. The van der Waals surface area contributed by atoms with Crippen molar-refractivity contribution < 1.29 is 8.42 Å². The van der Waals surface area contributed by atoms with Gasteiger partial charge < -0.3 is 10.6 Å². The number of aliphatic imine (C=N–C) groups is 1. The minimum atomic E-state index is -3.06. The average molecular weight is 537 g/mol. The van der Waals surface area contributed by atoms with E-state index in [1.54, 1.807) is 11.4 Å². The van der Waals surface area contributed by atoms with Gasteiger partial charge >= 0.3 is 0 Å². The number of nitrogens with one attached hydrogen (secondary N) is 2. The Hall–Kier alpha value is -0.870. The molecule has 1 aromatic rings. The summed E-state index contributed by atoms with van der Waals surface area (Å²) in [6.45, 7) is 9.54. The maximum atomic E-state index is 11.6. The second-order valence-electron chi connectivity index (χ2n) is 8.68. The van der Waals surface area contributed by atoms with E-state index >= 15 is 0 Å². The molecule has 1 aromatic carbocycles. The van der Waals surface area contributed by atoms with Crippen LogP contribution in [0.2, 0.25) is 0 Å². The van der Waals surface area contributed by atoms with Gasteiger partial charge in [-0.15, -0.1) is 24.0 Å². The average Bonchev–Trinajstić information content (AvgIpc) is 2.64. The van der Waals surface area contributed by atoms with Gasteiger partial charge in [0, 0.05) is 33.2 Å². The van der Waals surface area contributed by atoms with Gasteiger partial charge in [-0.1, -0.05) is 45.0 Å². The lowest BCUT2D eigenvalue weighted by molar-refractivity contribution is 0.275. The Morgan fingerprint density at radius 2 is 1.72 bits per heavy atom. The van der Waals surface area contributed by atoms with Crippen molar-refractivity contribution in [3.63, 3.8) is 0 Å². The van der Waals surface area contributed by atoms with Crippen LogP contribution < -0.4 is 10.6 Å². The Balaban J connectivity index is 0.00000420. The van der Waals surface area contributed by atoms with Crippen LogP contribution in [0, 0.1) is 5.92 Å². The molecular formula is C21H37IN4O2S. The predicted molar refractivity (Wildman–Crippen MR) is 133 cm³/mol. The molecule has 1 aliphatic rings. The van der Waals surface area contributed by atoms with E-state index < -0.39 is 10.0 Å². The highest BCUT2D eigenvalue weighted by Crippen LogP contribution is 2.22. The highest BCUT2D eigenvalue weighted by atomic mass is 127. The highest BCUT2D eigenvalue weighted by molar-refractivity contribution is 14.0. The number of nitrogens with zero attached hydrogens (tertiary/aromatic N) is 2. The Bertz CT molecular complexity index is 750. The van der Waals surface area contributed by atoms with E-state index in [1.165, 1.54) is 17.4 Å². The van der Waals surface area contributed by atoms with Gasteiger partial charge in [0.1, 0.15) is 0 Å². The Labute approximate surface area is 194 Å². The monoisotopic (exact) mass is 536 g/mol. The van der Waals surface area contributed by atoms with Crippen LogP contribution in [0.15, 0.2) is 29.3 Å². The van der Waals surface area contributed by atoms with Gasteiger partial charge in [0.2, 0.25) is 10.0 Å². The van der Waals surface area contributed by atoms with E-state index in [-0.39, 0.29) is 29.4 Å². The number of benzene rings is 1. The first-order chi connectivity index (χ1) is 13.1. The third kappa shape index (κ3) is 8.80. The zero-order valence-corrected chi connectivity index (χ0v) is 21.5. The van der Waals surface area contributed by atoms with Crippen molar-refractivity contribution in [2.75, 3.05) is 39.5 Å². The van der Waals surface area contributed by atoms with Crippen molar-refractivity contribution in [2.45, 2.75) is 45.4 Å². The first-order valence-electron chi connectivity index (χ1n) is 10.1. The van der Waals surface area contributed by atoms with Crippen LogP contribution in [-0.2, 0) is 21.9 Å². The first-order valence-corrected chi connectivity index (χ1v) is 11.9. The largest absolute Gasteiger partial charge is 0.356 e. The van der Waals surface area contributed by atoms with Crippen LogP contribution in [0.1, 0.15) is 44.7 Å². The summed E-state index contributed by atoms with van der Waals surface area (Å²) in [6, 6.07) is 8.83. The highest BCUT2D eigenvalue weighted by Gasteiger charge is 2.24. The smallest absolute Gasteiger partial charge is 0.211 e. The van der Waals surface area contributed by atoms with Crippen LogP contribution in [0.5, 0.6) is 0 Å². The predicted octanol–water partition coefficient (Wildman–Crippen LogP) is 2.98. The number of hydrogen-bond donors (Lipinski definition) is 2. The molecule has 0 saturated carbocycles. The van der Waals surface area contributed by atoms with E-state index in [0.717, 1.165) is 38.3 Å². The summed E-state index contributed by atoms with van der Waals surface area (Å²) in [5, 5.41) is 6.75. The molecule has 1 aliphatic heterocycles. The molecule has 0 amide bonds. The molecule has 166 valence electrons. The van der Waals surface area contributed by atoms with Gasteiger partial charge in [-0.3, -0.25) is 4.99 Å². The maximum Gasteiger partial charge on any atom is 0.211 e. The van der Waals surface area contributed by atoms with Gasteiger partial charge in [0.15, 0.2) is 5.96 Å². The molecule has 0 radical (unpaired) electrons. The number of guanidine groups is 1. The van der Waals surface area contributed by atoms with Crippen molar-refractivity contribution >= 4 is 40.0 Å². The van der Waals surface area contributed by atoms with Gasteiger partial charge in [0.25, 0.3) is 0 Å². The Morgan fingerprint density at radius 3 is 2.21 bits per heavy atom. The number of halogens is 1. The van der Waals surface area contributed by atoms with Gasteiger partial charge in [-0.05, 0) is 41.7 Å². The Kier molecular flexibility index (Phi) is 10.4. The summed E-state index contributed by atoms with van der Waals surface area (Å²) in [4.78, 5) is 4.29. The van der Waals surface area contributed by atoms with E-state index in [2.05, 4.69) is 60.7 Å². The maximum absolute atomic E-state index is 11.6. The van der Waals surface area contributed by atoms with Crippen molar-refractivity contribution in [3.8, 4) is 0 Å². The fraction of sp³-hybridized carbons (Fsp3) is 0.667. The summed E-state index contributed by atoms with van der Waals surface area (Å²) < 4.78 is 24.7. The fourth-order valence-corrected chi connectivity index (χ4v) is 4.28. The van der Waals surface area contributed by atoms with Crippen molar-refractivity contribution in [3.05, 3.63) is 35.4 Å². The molecule has 0 bridgehead atoms. The number of piperidine rings is 1. The SMILES string of the molecule is CN=C(NCCc1ccc(C(C)(C)C)cc1)NCC1CCN(S(C)(=O)=O)CC1.I. The van der Waals surface area contributed by atoms with E-state index in [0.29, 0.717) is 19.0 Å². The van der Waals surface area contributed by atoms with Crippen molar-refractivity contribution in [1.82, 2.24) is 14.9 Å². The minimum Gasteiger partial charge on any atom is -0.356 e. The van der Waals surface area contributed by atoms with E-state index in [1.807, 2.05) is 0 Å². The molecule has 1 saturated heterocycles. The minimum absolute atomic E-state index is 0. The molecule has 1 fully saturated rings. The normalized spacial score (nSPS) is 16.9. The summed E-state index contributed by atoms with van der Waals surface area (Å²) in [5.74, 6) is 1.28. The Morgan fingerprint density at radius 1 is 1.14 bits per heavy atom. The summed E-state index contributed by atoms with van der Waals surface area (Å²) >= 11 is 0. The van der Waals surface area contributed by atoms with Crippen molar-refractivity contribution in [2.24, 2.45) is 10.9 Å². The third-order valence-electron chi connectivity index (χ3n) is 5.35. The molecule has 0 atom stereocenters. The molecule has 0 unspecified atom stereocenters. The standard InChI is InChI=1S/C21H36N4O2S.HI/c1-21(2,3)19-8-6-17(7-9-19)10-13-23-20(22-4)24-16-18-11-14-25(15-12-18)28(5,26)27;/h6-9,18H,10-16H2,1-5H3,(H2,22,23,24);1H. The molecule has 8 heteroatoms. The number of sulfonamides is 1. The first kappa shape index (κ1) is 26.2. The lowest BCUT2D eigenvalue weighted by atomic mass is 9.86. The molecule has 0 spiro atoms. The van der Waals surface area contributed by atoms with Crippen LogP contribution in [0.4, 0.5) is 0 Å². The second kappa shape index (κ2) is 11.5. The molecule has 6 nitrogen and oxygen atoms in total. The molecule has 2 rings (SSSR count). The second-order valence-corrected chi connectivity index (χ2v) is 10.7. The number of hydrogen-bond acceptors (Lipinski definition) is 3. The molecule has 1 heterocycles. The summed E-state index contributed by atoms with van der Waals surface area (Å²) in [5.41, 5.74) is 2.84. The van der Waals surface area contributed by atoms with E-state index in [4.69, 9.17) is 0 Å². The zero-order valence-electron chi connectivity index (χ0n) is 18.4. The van der Waals surface area contributed by atoms with Crippen LogP contribution in [0.25, 0.3) is 0 Å². The zero-order chi connectivity index (χ0) is 20.8. The van der Waals surface area contributed by atoms with Gasteiger partial charge in [-0.2, -0.15) is 0 Å². The van der Waals surface area contributed by atoms with E-state index in [9.17, 15) is 8.42 Å². The number of rotatable bonds is 6. The van der Waals surface area contributed by atoms with Crippen molar-refractivity contribution in [1.29, 1.82) is 0 Å². The lowest BCUT2D eigenvalue weighted by Crippen LogP contribution is -2.44. The van der Waals surface area contributed by atoms with Crippen LogP contribution in [0.3, 0.4) is 0 Å². The quantitative estimate of drug-likeness (QED) is 0.333. The van der Waals surface area contributed by atoms with Crippen LogP contribution >= 0.6 is 24.0 Å². The fourth-order valence-electron chi connectivity index (χ4n) is 3.40. The van der Waals surface area contributed by atoms with Gasteiger partial charge in [-0.25, -0.2) is 12.7 Å².